The first-order chi connectivity index (χ1) is 10.2. The molecule has 21 heavy (non-hydrogen) atoms. The van der Waals surface area contributed by atoms with Crippen molar-refractivity contribution in [3.8, 4) is 23.6 Å². The van der Waals surface area contributed by atoms with Crippen molar-refractivity contribution in [2.75, 3.05) is 0 Å². The summed E-state index contributed by atoms with van der Waals surface area (Å²) in [5.74, 6) is 2.48. The van der Waals surface area contributed by atoms with Crippen LogP contribution in [0.3, 0.4) is 0 Å². The average Bonchev–Trinajstić information content (AvgIpc) is 2.51. The molecule has 0 aliphatic carbocycles. The highest BCUT2D eigenvalue weighted by Crippen LogP contribution is 2.24. The van der Waals surface area contributed by atoms with Gasteiger partial charge in [-0.3, -0.25) is 4.79 Å². The van der Waals surface area contributed by atoms with Gasteiger partial charge in [0.2, 0.25) is 0 Å². The van der Waals surface area contributed by atoms with Gasteiger partial charge in [0.1, 0.15) is 6.54 Å². The molecule has 0 saturated heterocycles. The molecule has 0 unspecified atom stereocenters. The van der Waals surface area contributed by atoms with Crippen LogP contribution in [0.5, 0.6) is 0 Å². The maximum Gasteiger partial charge on any atom is 0.275 e. The molecule has 0 amide bonds. The Morgan fingerprint density at radius 1 is 1.10 bits per heavy atom. The number of hydrogen-bond donors (Lipinski definition) is 0. The molecule has 0 aliphatic heterocycles. The van der Waals surface area contributed by atoms with Gasteiger partial charge in [-0.15, -0.1) is 6.42 Å². The second kappa shape index (κ2) is 5.26. The average molecular weight is 274 g/mol. The fraction of sp³-hybridized carbons (Fsp3) is 0.111. The van der Waals surface area contributed by atoms with E-state index in [1.165, 1.54) is 10.2 Å². The molecule has 1 heterocycles. The number of nitrogens with zero attached hydrogens (tertiary/aromatic N) is 2. The summed E-state index contributed by atoms with van der Waals surface area (Å²) in [6.45, 7) is 2.21. The molecule has 102 valence electrons. The lowest BCUT2D eigenvalue weighted by Crippen LogP contribution is -2.23. The number of aryl methyl sites for hydroxylation is 1. The molecule has 0 fully saturated rings. The van der Waals surface area contributed by atoms with Crippen molar-refractivity contribution >= 4 is 10.8 Å². The van der Waals surface area contributed by atoms with Crippen LogP contribution in [0.4, 0.5) is 0 Å². The van der Waals surface area contributed by atoms with Gasteiger partial charge in [-0.05, 0) is 13.0 Å². The van der Waals surface area contributed by atoms with Crippen LogP contribution >= 0.6 is 0 Å². The Kier molecular flexibility index (Phi) is 3.29. The fourth-order valence-corrected chi connectivity index (χ4v) is 2.35. The largest absolute Gasteiger partial charge is 0.275 e. The summed E-state index contributed by atoms with van der Waals surface area (Å²) in [5.41, 5.74) is 2.78. The number of aromatic nitrogens is 2. The molecule has 3 heteroatoms. The van der Waals surface area contributed by atoms with Crippen LogP contribution in [0.15, 0.2) is 53.3 Å². The highest BCUT2D eigenvalue weighted by molar-refractivity contribution is 5.93. The van der Waals surface area contributed by atoms with Crippen molar-refractivity contribution in [2.45, 2.75) is 13.5 Å². The molecule has 0 aliphatic rings. The maximum atomic E-state index is 12.4. The highest BCUT2D eigenvalue weighted by atomic mass is 16.1. The summed E-state index contributed by atoms with van der Waals surface area (Å²) < 4.78 is 1.34. The number of benzene rings is 2. The third-order valence-electron chi connectivity index (χ3n) is 3.43. The van der Waals surface area contributed by atoms with Crippen molar-refractivity contribution in [1.29, 1.82) is 0 Å². The molecular formula is C18H14N2O. The minimum absolute atomic E-state index is 0.153. The van der Waals surface area contributed by atoms with Gasteiger partial charge in [0, 0.05) is 10.9 Å². The van der Waals surface area contributed by atoms with Gasteiger partial charge in [0.25, 0.3) is 5.56 Å². The molecule has 0 atom stereocenters. The van der Waals surface area contributed by atoms with E-state index >= 15 is 0 Å². The number of hydrogen-bond acceptors (Lipinski definition) is 2. The molecule has 0 N–H and O–H groups in total. The molecule has 0 bridgehead atoms. The fourth-order valence-electron chi connectivity index (χ4n) is 2.35. The zero-order valence-electron chi connectivity index (χ0n) is 11.7. The van der Waals surface area contributed by atoms with Gasteiger partial charge >= 0.3 is 0 Å². The van der Waals surface area contributed by atoms with Crippen LogP contribution in [0.25, 0.3) is 22.0 Å². The molecule has 1 aromatic heterocycles. The summed E-state index contributed by atoms with van der Waals surface area (Å²) in [7, 11) is 0. The topological polar surface area (TPSA) is 34.9 Å². The van der Waals surface area contributed by atoms with Gasteiger partial charge in [0.05, 0.1) is 11.1 Å². The van der Waals surface area contributed by atoms with Crippen LogP contribution in [0.2, 0.25) is 0 Å². The summed E-state index contributed by atoms with van der Waals surface area (Å²) in [4.78, 5) is 12.4. The van der Waals surface area contributed by atoms with Crippen LogP contribution in [-0.2, 0) is 6.54 Å². The molecule has 2 aromatic carbocycles. The Bertz CT molecular complexity index is 899. The molecule has 0 saturated carbocycles. The van der Waals surface area contributed by atoms with Gasteiger partial charge in [0.15, 0.2) is 0 Å². The monoisotopic (exact) mass is 274 g/mol. The third kappa shape index (κ3) is 2.32. The van der Waals surface area contributed by atoms with Crippen molar-refractivity contribution < 1.29 is 0 Å². The van der Waals surface area contributed by atoms with E-state index in [-0.39, 0.29) is 12.1 Å². The first-order valence-corrected chi connectivity index (χ1v) is 6.71. The van der Waals surface area contributed by atoms with E-state index in [4.69, 9.17) is 6.42 Å². The van der Waals surface area contributed by atoms with Crippen molar-refractivity contribution in [3.63, 3.8) is 0 Å². The first-order valence-electron chi connectivity index (χ1n) is 6.71. The zero-order chi connectivity index (χ0) is 14.8. The predicted molar refractivity (Wildman–Crippen MR) is 85.0 cm³/mol. The molecule has 3 aromatic rings. The summed E-state index contributed by atoms with van der Waals surface area (Å²) in [6, 6.07) is 15.6. The minimum atomic E-state index is -0.153. The lowest BCUT2D eigenvalue weighted by atomic mass is 10.0. The second-order valence-electron chi connectivity index (χ2n) is 4.93. The van der Waals surface area contributed by atoms with Gasteiger partial charge in [-0.2, -0.15) is 5.10 Å². The smallest absolute Gasteiger partial charge is 0.267 e. The van der Waals surface area contributed by atoms with E-state index in [1.807, 2.05) is 55.5 Å². The third-order valence-corrected chi connectivity index (χ3v) is 3.43. The predicted octanol–water partition coefficient (Wildman–Crippen LogP) is 3.01. The van der Waals surface area contributed by atoms with Gasteiger partial charge in [-0.1, -0.05) is 53.9 Å². The lowest BCUT2D eigenvalue weighted by molar-refractivity contribution is 0.676. The van der Waals surface area contributed by atoms with Gasteiger partial charge in [-0.25, -0.2) is 4.68 Å². The van der Waals surface area contributed by atoms with E-state index < -0.39 is 0 Å². The normalized spacial score (nSPS) is 10.5. The van der Waals surface area contributed by atoms with E-state index in [2.05, 4.69) is 11.0 Å². The summed E-state index contributed by atoms with van der Waals surface area (Å²) in [5, 5.41) is 5.94. The van der Waals surface area contributed by atoms with Crippen LogP contribution in [0, 0.1) is 19.3 Å². The standard InChI is InChI=1S/C18H14N2O/c1-3-12-20-18(21)16-7-5-4-6-15(16)17(19-20)14-10-8-13(2)9-11-14/h1,4-11H,12H2,2H3. The second-order valence-corrected chi connectivity index (χ2v) is 4.93. The van der Waals surface area contributed by atoms with Crippen LogP contribution in [-0.4, -0.2) is 9.78 Å². The molecule has 0 radical (unpaired) electrons. The maximum absolute atomic E-state index is 12.4. The molecule has 3 nitrogen and oxygen atoms in total. The molecule has 0 spiro atoms. The zero-order valence-corrected chi connectivity index (χ0v) is 11.7. The number of rotatable bonds is 2. The minimum Gasteiger partial charge on any atom is -0.267 e. The van der Waals surface area contributed by atoms with Crippen molar-refractivity contribution in [2.24, 2.45) is 0 Å². The van der Waals surface area contributed by atoms with Crippen LogP contribution < -0.4 is 5.56 Å². The Balaban J connectivity index is 2.36. The highest BCUT2D eigenvalue weighted by Gasteiger charge is 2.11. The van der Waals surface area contributed by atoms with E-state index in [0.29, 0.717) is 5.39 Å². The Morgan fingerprint density at radius 3 is 2.43 bits per heavy atom. The van der Waals surface area contributed by atoms with Crippen molar-refractivity contribution in [3.05, 3.63) is 64.4 Å². The summed E-state index contributed by atoms with van der Waals surface area (Å²) in [6.07, 6.45) is 5.33. The molecule has 3 rings (SSSR count). The van der Waals surface area contributed by atoms with E-state index in [1.54, 1.807) is 0 Å². The Hall–Kier alpha value is -2.86. The first kappa shape index (κ1) is 13.1. The van der Waals surface area contributed by atoms with Crippen molar-refractivity contribution in [1.82, 2.24) is 9.78 Å². The Morgan fingerprint density at radius 2 is 1.76 bits per heavy atom. The van der Waals surface area contributed by atoms with Crippen LogP contribution in [0.1, 0.15) is 5.56 Å². The lowest BCUT2D eigenvalue weighted by Gasteiger charge is -2.09. The van der Waals surface area contributed by atoms with E-state index in [0.717, 1.165) is 16.6 Å². The number of terminal acetylenes is 1. The van der Waals surface area contributed by atoms with E-state index in [9.17, 15) is 4.79 Å². The quantitative estimate of drug-likeness (QED) is 0.673. The Labute approximate surface area is 122 Å². The van der Waals surface area contributed by atoms with Gasteiger partial charge < -0.3 is 0 Å². The SMILES string of the molecule is C#CCn1nc(-c2ccc(C)cc2)c2ccccc2c1=O. The number of fused-ring (bicyclic) bond motifs is 1. The molecular weight excluding hydrogens is 260 g/mol. The summed E-state index contributed by atoms with van der Waals surface area (Å²) >= 11 is 0.